The summed E-state index contributed by atoms with van der Waals surface area (Å²) in [6, 6.07) is 14.6. The Morgan fingerprint density at radius 2 is 1.68 bits per heavy atom. The zero-order valence-corrected chi connectivity index (χ0v) is 16.2. The highest BCUT2D eigenvalue weighted by Crippen LogP contribution is 2.14. The molecule has 0 fully saturated rings. The van der Waals surface area contributed by atoms with Crippen LogP contribution in [-0.4, -0.2) is 15.0 Å². The first-order chi connectivity index (χ1) is 13.3. The van der Waals surface area contributed by atoms with Crippen LogP contribution in [0.4, 0.5) is 5.69 Å². The van der Waals surface area contributed by atoms with Crippen molar-refractivity contribution in [1.29, 1.82) is 0 Å². The number of hydrogen-bond acceptors (Lipinski definition) is 3. The molecular weight excluding hydrogens is 354 g/mol. The third-order valence-corrected chi connectivity index (χ3v) is 4.83. The smallest absolute Gasteiger partial charge is 0.325 e. The number of nitrogens with one attached hydrogen (secondary N) is 1. The predicted octanol–water partition coefficient (Wildman–Crippen LogP) is 2.62. The summed E-state index contributed by atoms with van der Waals surface area (Å²) in [6.07, 6.45) is 1.47. The summed E-state index contributed by atoms with van der Waals surface area (Å²) in [5, 5.41) is 2.74. The van der Waals surface area contributed by atoms with Gasteiger partial charge in [-0.05, 0) is 55.2 Å². The Balaban J connectivity index is 1.82. The van der Waals surface area contributed by atoms with Crippen LogP contribution in [0.5, 0.6) is 0 Å². The number of rotatable bonds is 5. The van der Waals surface area contributed by atoms with Crippen LogP contribution >= 0.6 is 0 Å². The zero-order valence-electron chi connectivity index (χ0n) is 16.2. The number of carbonyl (C=O) groups is 1. The van der Waals surface area contributed by atoms with Gasteiger partial charge in [0.05, 0.1) is 6.54 Å². The third-order valence-electron chi connectivity index (χ3n) is 4.83. The Kier molecular flexibility index (Phi) is 5.59. The van der Waals surface area contributed by atoms with Crippen molar-refractivity contribution in [2.45, 2.75) is 33.9 Å². The van der Waals surface area contributed by atoms with Gasteiger partial charge < -0.3 is 5.32 Å². The third kappa shape index (κ3) is 4.28. The monoisotopic (exact) mass is 377 g/mol. The van der Waals surface area contributed by atoms with E-state index in [9.17, 15) is 14.4 Å². The fraction of sp³-hybridized carbons (Fsp3) is 0.227. The predicted molar refractivity (Wildman–Crippen MR) is 110 cm³/mol. The molecule has 3 aromatic rings. The summed E-state index contributed by atoms with van der Waals surface area (Å²) in [5.74, 6) is -0.420. The summed E-state index contributed by atoms with van der Waals surface area (Å²) in [7, 11) is 0. The standard InChI is InChI=1S/C22H23N3O3/c1-15-8-9-19(12-17(15)3)23-20(26)14-25-21(27)10-11-24(22(25)28)13-18-7-5-4-6-16(18)2/h4-12H,13-14H2,1-3H3,(H,23,26). The zero-order chi connectivity index (χ0) is 20.3. The first-order valence-corrected chi connectivity index (χ1v) is 9.07. The number of anilines is 1. The van der Waals surface area contributed by atoms with Gasteiger partial charge in [-0.15, -0.1) is 0 Å². The van der Waals surface area contributed by atoms with E-state index in [1.165, 1.54) is 16.8 Å². The molecule has 1 amide bonds. The van der Waals surface area contributed by atoms with Gasteiger partial charge in [0.2, 0.25) is 5.91 Å². The van der Waals surface area contributed by atoms with Crippen molar-refractivity contribution < 1.29 is 4.79 Å². The van der Waals surface area contributed by atoms with Gasteiger partial charge in [-0.2, -0.15) is 0 Å². The summed E-state index contributed by atoms with van der Waals surface area (Å²) in [4.78, 5) is 37.3. The number of amides is 1. The maximum absolute atomic E-state index is 12.7. The lowest BCUT2D eigenvalue weighted by Gasteiger charge is -2.12. The lowest BCUT2D eigenvalue weighted by atomic mass is 10.1. The molecule has 0 bridgehead atoms. The van der Waals surface area contributed by atoms with Crippen molar-refractivity contribution in [3.63, 3.8) is 0 Å². The molecule has 1 N–H and O–H groups in total. The van der Waals surface area contributed by atoms with Crippen LogP contribution in [-0.2, 0) is 17.9 Å². The molecule has 6 heteroatoms. The molecule has 1 heterocycles. The Labute approximate surface area is 163 Å². The minimum atomic E-state index is -0.508. The SMILES string of the molecule is Cc1ccc(NC(=O)Cn2c(=O)ccn(Cc3ccccc3C)c2=O)cc1C. The van der Waals surface area contributed by atoms with E-state index in [4.69, 9.17) is 0 Å². The van der Waals surface area contributed by atoms with Crippen molar-refractivity contribution in [1.82, 2.24) is 9.13 Å². The van der Waals surface area contributed by atoms with Crippen LogP contribution in [0.1, 0.15) is 22.3 Å². The molecule has 0 aliphatic carbocycles. The largest absolute Gasteiger partial charge is 0.331 e. The number of aromatic nitrogens is 2. The normalized spacial score (nSPS) is 10.7. The van der Waals surface area contributed by atoms with Gasteiger partial charge in [0.1, 0.15) is 6.54 Å². The van der Waals surface area contributed by atoms with Crippen molar-refractivity contribution in [2.24, 2.45) is 0 Å². The summed E-state index contributed by atoms with van der Waals surface area (Å²) >= 11 is 0. The van der Waals surface area contributed by atoms with Crippen molar-refractivity contribution in [3.8, 4) is 0 Å². The van der Waals surface area contributed by atoms with Gasteiger partial charge >= 0.3 is 5.69 Å². The Bertz CT molecular complexity index is 1140. The second kappa shape index (κ2) is 8.08. The molecule has 28 heavy (non-hydrogen) atoms. The van der Waals surface area contributed by atoms with Crippen LogP contribution in [0.15, 0.2) is 64.3 Å². The highest BCUT2D eigenvalue weighted by Gasteiger charge is 2.11. The van der Waals surface area contributed by atoms with Gasteiger partial charge in [-0.1, -0.05) is 30.3 Å². The number of hydrogen-bond donors (Lipinski definition) is 1. The quantitative estimate of drug-likeness (QED) is 0.743. The molecule has 1 aromatic heterocycles. The maximum Gasteiger partial charge on any atom is 0.331 e. The van der Waals surface area contributed by atoms with Crippen LogP contribution in [0.2, 0.25) is 0 Å². The second-order valence-corrected chi connectivity index (χ2v) is 6.92. The number of aryl methyl sites for hydroxylation is 3. The van der Waals surface area contributed by atoms with Crippen LogP contribution in [0, 0.1) is 20.8 Å². The van der Waals surface area contributed by atoms with Crippen molar-refractivity contribution in [3.05, 3.63) is 97.8 Å². The molecule has 6 nitrogen and oxygen atoms in total. The lowest BCUT2D eigenvalue weighted by molar-refractivity contribution is -0.116. The molecule has 0 atom stereocenters. The second-order valence-electron chi connectivity index (χ2n) is 6.92. The van der Waals surface area contributed by atoms with E-state index in [0.717, 1.165) is 26.8 Å². The molecular formula is C22H23N3O3. The molecule has 2 aromatic carbocycles. The van der Waals surface area contributed by atoms with Crippen LogP contribution in [0.3, 0.4) is 0 Å². The van der Waals surface area contributed by atoms with Crippen LogP contribution in [0.25, 0.3) is 0 Å². The molecule has 0 unspecified atom stereocenters. The lowest BCUT2D eigenvalue weighted by Crippen LogP contribution is -2.41. The van der Waals surface area contributed by atoms with E-state index >= 15 is 0 Å². The molecule has 0 radical (unpaired) electrons. The summed E-state index contributed by atoms with van der Waals surface area (Å²) < 4.78 is 2.39. The Morgan fingerprint density at radius 3 is 2.39 bits per heavy atom. The fourth-order valence-electron chi connectivity index (χ4n) is 2.96. The van der Waals surface area contributed by atoms with Crippen LogP contribution < -0.4 is 16.6 Å². The van der Waals surface area contributed by atoms with Gasteiger partial charge in [0.15, 0.2) is 0 Å². The number of carbonyl (C=O) groups excluding carboxylic acids is 1. The average molecular weight is 377 g/mol. The molecule has 0 aliphatic heterocycles. The van der Waals surface area contributed by atoms with E-state index in [1.54, 1.807) is 6.07 Å². The van der Waals surface area contributed by atoms with Gasteiger partial charge in [-0.25, -0.2) is 4.79 Å². The molecule has 144 valence electrons. The van der Waals surface area contributed by atoms with E-state index in [0.29, 0.717) is 12.2 Å². The van der Waals surface area contributed by atoms with E-state index in [-0.39, 0.29) is 6.54 Å². The molecule has 0 spiro atoms. The molecule has 3 rings (SSSR count). The van der Waals surface area contributed by atoms with E-state index in [1.807, 2.05) is 57.2 Å². The minimum Gasteiger partial charge on any atom is -0.325 e. The topological polar surface area (TPSA) is 73.1 Å². The van der Waals surface area contributed by atoms with E-state index < -0.39 is 17.2 Å². The van der Waals surface area contributed by atoms with Gasteiger partial charge in [0.25, 0.3) is 5.56 Å². The number of nitrogens with zero attached hydrogens (tertiary/aromatic N) is 2. The average Bonchev–Trinajstić information content (AvgIpc) is 2.66. The Morgan fingerprint density at radius 1 is 0.929 bits per heavy atom. The maximum atomic E-state index is 12.7. The highest BCUT2D eigenvalue weighted by molar-refractivity contribution is 5.90. The first kappa shape index (κ1) is 19.4. The highest BCUT2D eigenvalue weighted by atomic mass is 16.2. The molecule has 0 saturated heterocycles. The summed E-state index contributed by atoms with van der Waals surface area (Å²) in [6.45, 7) is 5.91. The van der Waals surface area contributed by atoms with Crippen molar-refractivity contribution >= 4 is 11.6 Å². The van der Waals surface area contributed by atoms with Gasteiger partial charge in [-0.3, -0.25) is 18.7 Å². The van der Waals surface area contributed by atoms with E-state index in [2.05, 4.69) is 5.32 Å². The first-order valence-electron chi connectivity index (χ1n) is 9.07. The molecule has 0 saturated carbocycles. The minimum absolute atomic E-state index is 0.334. The fourth-order valence-corrected chi connectivity index (χ4v) is 2.96. The van der Waals surface area contributed by atoms with Crippen molar-refractivity contribution in [2.75, 3.05) is 5.32 Å². The molecule has 0 aliphatic rings. The Hall–Kier alpha value is -3.41. The number of benzene rings is 2. The summed E-state index contributed by atoms with van der Waals surface area (Å²) in [5.41, 5.74) is 3.84. The van der Waals surface area contributed by atoms with Gasteiger partial charge in [0, 0.05) is 18.0 Å².